The lowest BCUT2D eigenvalue weighted by Crippen LogP contribution is -2.38. The lowest BCUT2D eigenvalue weighted by Gasteiger charge is -2.22. The number of fused-ring (bicyclic) bond motifs is 1. The molecule has 1 amide bonds. The summed E-state index contributed by atoms with van der Waals surface area (Å²) in [6.07, 6.45) is 8.63. The summed E-state index contributed by atoms with van der Waals surface area (Å²) in [6.45, 7) is 2.02. The fourth-order valence-corrected chi connectivity index (χ4v) is 4.92. The molecule has 1 N–H and O–H groups in total. The van der Waals surface area contributed by atoms with Gasteiger partial charge in [0.15, 0.2) is 5.16 Å². The lowest BCUT2D eigenvalue weighted by atomic mass is 10.1. The first-order valence-electron chi connectivity index (χ1n) is 10.1. The van der Waals surface area contributed by atoms with Crippen LogP contribution in [0.3, 0.4) is 0 Å². The monoisotopic (exact) mass is 412 g/mol. The molecule has 1 atom stereocenters. The van der Waals surface area contributed by atoms with E-state index in [0.29, 0.717) is 12.2 Å². The maximum Gasteiger partial charge on any atom is 0.243 e. The number of nitrogens with one attached hydrogen (secondary N) is 1. The van der Waals surface area contributed by atoms with Crippen LogP contribution >= 0.6 is 11.8 Å². The molecule has 0 saturated heterocycles. The van der Waals surface area contributed by atoms with Crippen molar-refractivity contribution in [1.29, 1.82) is 0 Å². The number of pyridine rings is 1. The number of hydrogen-bond donors (Lipinski definition) is 1. The molecule has 0 aliphatic heterocycles. The minimum absolute atomic E-state index is 0.0474. The highest BCUT2D eigenvalue weighted by Crippen LogP contribution is 2.31. The van der Waals surface area contributed by atoms with Gasteiger partial charge in [0.05, 0.1) is 17.2 Å². The van der Waals surface area contributed by atoms with E-state index in [4.69, 9.17) is 4.98 Å². The Hall–Kier alpha value is -2.41. The van der Waals surface area contributed by atoms with Crippen LogP contribution in [0.2, 0.25) is 0 Å². The Morgan fingerprint density at radius 3 is 2.76 bits per heavy atom. The minimum atomic E-state index is -0.333. The van der Waals surface area contributed by atoms with Crippen LogP contribution in [0.1, 0.15) is 50.6 Å². The van der Waals surface area contributed by atoms with Crippen molar-refractivity contribution in [2.24, 2.45) is 0 Å². The molecule has 1 aliphatic rings. The number of amides is 1. The average Bonchev–Trinajstić information content (AvgIpc) is 3.36. The first-order chi connectivity index (χ1) is 14.2. The Kier molecular flexibility index (Phi) is 6.13. The van der Waals surface area contributed by atoms with Gasteiger partial charge in [0.25, 0.3) is 0 Å². The maximum absolute atomic E-state index is 13.2. The molecule has 0 spiro atoms. The number of benzene rings is 1. The fourth-order valence-electron chi connectivity index (χ4n) is 3.90. The standard InChI is InChI=1S/C22H25FN4OS/c1-2-19(21(28)25-17-5-3-4-6-17)27-20-13-24-12-11-18(20)26-22(27)29-14-15-7-9-16(23)10-8-15/h7-13,17,19H,2-6,14H2,1H3,(H,25,28)/t19-/m0/s1. The molecule has 0 radical (unpaired) electrons. The van der Waals surface area contributed by atoms with Gasteiger partial charge in [0.1, 0.15) is 11.9 Å². The van der Waals surface area contributed by atoms with E-state index in [1.807, 2.05) is 17.6 Å². The third-order valence-corrected chi connectivity index (χ3v) is 6.47. The van der Waals surface area contributed by atoms with E-state index in [2.05, 4.69) is 10.3 Å². The van der Waals surface area contributed by atoms with E-state index >= 15 is 0 Å². The van der Waals surface area contributed by atoms with Gasteiger partial charge in [0.2, 0.25) is 5.91 Å². The van der Waals surface area contributed by atoms with Crippen molar-refractivity contribution in [3.8, 4) is 0 Å². The van der Waals surface area contributed by atoms with Gasteiger partial charge in [-0.1, -0.05) is 43.7 Å². The zero-order valence-electron chi connectivity index (χ0n) is 16.5. The van der Waals surface area contributed by atoms with Crippen LogP contribution in [-0.2, 0) is 10.5 Å². The minimum Gasteiger partial charge on any atom is -0.352 e. The van der Waals surface area contributed by atoms with Crippen molar-refractivity contribution < 1.29 is 9.18 Å². The van der Waals surface area contributed by atoms with E-state index in [1.165, 1.54) is 25.0 Å². The van der Waals surface area contributed by atoms with Crippen LogP contribution in [-0.4, -0.2) is 26.5 Å². The SMILES string of the molecule is CC[C@@H](C(=O)NC1CCCC1)n1c(SCc2ccc(F)cc2)nc2ccncc21. The predicted octanol–water partition coefficient (Wildman–Crippen LogP) is 4.87. The Morgan fingerprint density at radius 1 is 1.28 bits per heavy atom. The summed E-state index contributed by atoms with van der Waals surface area (Å²) in [5.74, 6) is 0.454. The fraction of sp³-hybridized carbons (Fsp3) is 0.409. The summed E-state index contributed by atoms with van der Waals surface area (Å²) >= 11 is 1.56. The summed E-state index contributed by atoms with van der Waals surface area (Å²) in [6, 6.07) is 8.30. The van der Waals surface area contributed by atoms with Gasteiger partial charge >= 0.3 is 0 Å². The van der Waals surface area contributed by atoms with Gasteiger partial charge < -0.3 is 9.88 Å². The molecule has 0 unspecified atom stereocenters. The highest BCUT2D eigenvalue weighted by Gasteiger charge is 2.27. The summed E-state index contributed by atoms with van der Waals surface area (Å²) in [7, 11) is 0. The Balaban J connectivity index is 1.62. The second-order valence-corrected chi connectivity index (χ2v) is 8.40. The Bertz CT molecular complexity index is 982. The van der Waals surface area contributed by atoms with Crippen molar-refractivity contribution in [3.05, 3.63) is 54.1 Å². The smallest absolute Gasteiger partial charge is 0.243 e. The largest absolute Gasteiger partial charge is 0.352 e. The molecular formula is C22H25FN4OS. The number of rotatable bonds is 7. The second kappa shape index (κ2) is 8.95. The van der Waals surface area contributed by atoms with Crippen LogP contribution in [0.25, 0.3) is 11.0 Å². The normalized spacial score (nSPS) is 15.7. The van der Waals surface area contributed by atoms with Crippen LogP contribution in [0.4, 0.5) is 4.39 Å². The molecule has 1 aliphatic carbocycles. The molecule has 1 fully saturated rings. The Morgan fingerprint density at radius 2 is 2.03 bits per heavy atom. The quantitative estimate of drug-likeness (QED) is 0.562. The maximum atomic E-state index is 13.2. The van der Waals surface area contributed by atoms with Crippen molar-refractivity contribution in [2.45, 2.75) is 62.0 Å². The average molecular weight is 413 g/mol. The van der Waals surface area contributed by atoms with Crippen molar-refractivity contribution in [3.63, 3.8) is 0 Å². The molecule has 1 aromatic carbocycles. The lowest BCUT2D eigenvalue weighted by molar-refractivity contribution is -0.125. The third kappa shape index (κ3) is 4.45. The van der Waals surface area contributed by atoms with Crippen LogP contribution in [0, 0.1) is 5.82 Å². The number of hydrogen-bond acceptors (Lipinski definition) is 4. The van der Waals surface area contributed by atoms with Crippen molar-refractivity contribution >= 4 is 28.7 Å². The molecule has 7 heteroatoms. The molecule has 29 heavy (non-hydrogen) atoms. The topological polar surface area (TPSA) is 59.8 Å². The molecule has 1 saturated carbocycles. The molecule has 152 valence electrons. The number of carbonyl (C=O) groups is 1. The highest BCUT2D eigenvalue weighted by atomic mass is 32.2. The molecule has 0 bridgehead atoms. The number of thioether (sulfide) groups is 1. The van der Waals surface area contributed by atoms with E-state index in [0.717, 1.165) is 34.6 Å². The third-order valence-electron chi connectivity index (χ3n) is 5.44. The molecule has 3 aromatic rings. The first kappa shape index (κ1) is 19.9. The molecule has 2 heterocycles. The van der Waals surface area contributed by atoms with Gasteiger partial charge in [-0.3, -0.25) is 9.78 Å². The van der Waals surface area contributed by atoms with Gasteiger partial charge in [-0.15, -0.1) is 0 Å². The van der Waals surface area contributed by atoms with Crippen molar-refractivity contribution in [1.82, 2.24) is 19.9 Å². The second-order valence-electron chi connectivity index (χ2n) is 7.46. The van der Waals surface area contributed by atoms with Crippen molar-refractivity contribution in [2.75, 3.05) is 0 Å². The van der Waals surface area contributed by atoms with Crippen LogP contribution in [0.5, 0.6) is 0 Å². The zero-order valence-corrected chi connectivity index (χ0v) is 17.3. The van der Waals surface area contributed by atoms with E-state index < -0.39 is 0 Å². The van der Waals surface area contributed by atoms with Gasteiger partial charge in [-0.25, -0.2) is 9.37 Å². The number of nitrogens with zero attached hydrogens (tertiary/aromatic N) is 3. The molecule has 4 rings (SSSR count). The number of halogens is 1. The zero-order chi connectivity index (χ0) is 20.2. The molecular weight excluding hydrogens is 387 g/mol. The molecule has 5 nitrogen and oxygen atoms in total. The summed E-state index contributed by atoms with van der Waals surface area (Å²) < 4.78 is 15.2. The van der Waals surface area contributed by atoms with E-state index in [1.54, 1.807) is 36.3 Å². The highest BCUT2D eigenvalue weighted by molar-refractivity contribution is 7.98. The van der Waals surface area contributed by atoms with E-state index in [-0.39, 0.29) is 23.8 Å². The van der Waals surface area contributed by atoms with Gasteiger partial charge in [0, 0.05) is 18.0 Å². The Labute approximate surface area is 174 Å². The van der Waals surface area contributed by atoms with Crippen LogP contribution in [0.15, 0.2) is 47.9 Å². The number of aromatic nitrogens is 3. The summed E-state index contributed by atoms with van der Waals surface area (Å²) in [5, 5.41) is 4.01. The summed E-state index contributed by atoms with van der Waals surface area (Å²) in [5.41, 5.74) is 2.70. The van der Waals surface area contributed by atoms with Gasteiger partial charge in [-0.2, -0.15) is 0 Å². The first-order valence-corrected chi connectivity index (χ1v) is 11.1. The predicted molar refractivity (Wildman–Crippen MR) is 113 cm³/mol. The van der Waals surface area contributed by atoms with Gasteiger partial charge in [-0.05, 0) is 43.0 Å². The molecule has 2 aromatic heterocycles. The van der Waals surface area contributed by atoms with Crippen LogP contribution < -0.4 is 5.32 Å². The number of carbonyl (C=O) groups excluding carboxylic acids is 1. The summed E-state index contributed by atoms with van der Waals surface area (Å²) in [4.78, 5) is 22.1. The van der Waals surface area contributed by atoms with E-state index in [9.17, 15) is 9.18 Å². The number of imidazole rings is 1.